The van der Waals surface area contributed by atoms with Gasteiger partial charge in [0.25, 0.3) is 0 Å². The number of primary amides is 1. The molecule has 5 nitrogen and oxygen atoms in total. The van der Waals surface area contributed by atoms with Gasteiger partial charge in [0.15, 0.2) is 17.2 Å². The van der Waals surface area contributed by atoms with Crippen molar-refractivity contribution < 1.29 is 18.1 Å². The lowest BCUT2D eigenvalue weighted by molar-refractivity contribution is -0.123. The normalized spacial score (nSPS) is 24.6. The van der Waals surface area contributed by atoms with Crippen LogP contribution in [-0.4, -0.2) is 35.6 Å². The Balaban J connectivity index is 1.27. The number of piperidine rings is 1. The van der Waals surface area contributed by atoms with Crippen molar-refractivity contribution in [2.24, 2.45) is 17.6 Å². The maximum absolute atomic E-state index is 13.6. The zero-order chi connectivity index (χ0) is 19.7. The molecule has 0 unspecified atom stereocenters. The average molecular weight is 391 g/mol. The fourth-order valence-corrected chi connectivity index (χ4v) is 4.78. The number of halogens is 2. The van der Waals surface area contributed by atoms with Gasteiger partial charge >= 0.3 is 0 Å². The summed E-state index contributed by atoms with van der Waals surface area (Å²) in [5.41, 5.74) is 6.47. The molecule has 2 aliphatic rings. The van der Waals surface area contributed by atoms with Crippen LogP contribution in [-0.2, 0) is 4.79 Å². The van der Waals surface area contributed by atoms with E-state index in [-0.39, 0.29) is 17.7 Å². The van der Waals surface area contributed by atoms with Crippen molar-refractivity contribution in [2.75, 3.05) is 19.6 Å². The third-order valence-electron chi connectivity index (χ3n) is 6.62. The van der Waals surface area contributed by atoms with Crippen LogP contribution in [0.25, 0.3) is 11.0 Å². The Morgan fingerprint density at radius 1 is 1.11 bits per heavy atom. The van der Waals surface area contributed by atoms with E-state index in [0.29, 0.717) is 16.9 Å². The fraction of sp³-hybridized carbons (Fsp3) is 0.619. The quantitative estimate of drug-likeness (QED) is 0.837. The number of carbonyl (C=O) groups excluding carboxylic acids is 1. The smallest absolute Gasteiger partial charge is 0.220 e. The lowest BCUT2D eigenvalue weighted by atomic mass is 9.80. The van der Waals surface area contributed by atoms with Gasteiger partial charge in [0, 0.05) is 23.3 Å². The largest absolute Gasteiger partial charge is 0.369 e. The van der Waals surface area contributed by atoms with E-state index in [4.69, 9.17) is 10.3 Å². The van der Waals surface area contributed by atoms with Crippen molar-refractivity contribution in [2.45, 2.75) is 50.9 Å². The number of rotatable bonds is 5. The third kappa shape index (κ3) is 4.04. The summed E-state index contributed by atoms with van der Waals surface area (Å²) < 4.78 is 32.2. The van der Waals surface area contributed by atoms with Crippen molar-refractivity contribution in [1.29, 1.82) is 0 Å². The number of carbonyl (C=O) groups is 1. The Hall–Kier alpha value is -2.02. The predicted molar refractivity (Wildman–Crippen MR) is 102 cm³/mol. The van der Waals surface area contributed by atoms with E-state index < -0.39 is 11.6 Å². The molecule has 0 radical (unpaired) electrons. The van der Waals surface area contributed by atoms with Gasteiger partial charge in [0.05, 0.1) is 5.69 Å². The van der Waals surface area contributed by atoms with E-state index >= 15 is 0 Å². The van der Waals surface area contributed by atoms with E-state index in [9.17, 15) is 13.6 Å². The number of nitrogens with zero attached hydrogens (tertiary/aromatic N) is 2. The molecule has 1 aliphatic heterocycles. The standard InChI is InChI=1S/C21H27F2N3O2/c22-17-11-16-19(12-18(17)23)28-25-20(16)14-6-9-26(10-7-14)8-5-13-1-3-15(4-2-13)21(24)27/h11-15H,1-10H2,(H2,24,27)/t13-,15-. The van der Waals surface area contributed by atoms with Crippen LogP contribution in [0.4, 0.5) is 8.78 Å². The summed E-state index contributed by atoms with van der Waals surface area (Å²) in [5, 5.41) is 4.69. The number of fused-ring (bicyclic) bond motifs is 1. The molecule has 4 rings (SSSR count). The summed E-state index contributed by atoms with van der Waals surface area (Å²) in [4.78, 5) is 13.7. The molecule has 2 heterocycles. The molecule has 1 aromatic carbocycles. The molecule has 2 aromatic rings. The predicted octanol–water partition coefficient (Wildman–Crippen LogP) is 3.97. The van der Waals surface area contributed by atoms with Crippen molar-refractivity contribution in [3.05, 3.63) is 29.5 Å². The second-order valence-electron chi connectivity index (χ2n) is 8.35. The van der Waals surface area contributed by atoms with E-state index in [1.807, 2.05) is 0 Å². The van der Waals surface area contributed by atoms with Crippen LogP contribution in [0.5, 0.6) is 0 Å². The zero-order valence-corrected chi connectivity index (χ0v) is 16.0. The third-order valence-corrected chi connectivity index (χ3v) is 6.62. The number of likely N-dealkylation sites (tertiary alicyclic amines) is 1. The molecular weight excluding hydrogens is 364 g/mol. The number of nitrogens with two attached hydrogens (primary N) is 1. The Morgan fingerprint density at radius 3 is 2.46 bits per heavy atom. The van der Waals surface area contributed by atoms with Crippen LogP contribution < -0.4 is 5.73 Å². The average Bonchev–Trinajstić information content (AvgIpc) is 3.10. The molecule has 1 saturated heterocycles. The fourth-order valence-electron chi connectivity index (χ4n) is 4.78. The van der Waals surface area contributed by atoms with Crippen molar-refractivity contribution >= 4 is 16.9 Å². The van der Waals surface area contributed by atoms with E-state index in [2.05, 4.69) is 10.1 Å². The van der Waals surface area contributed by atoms with Crippen LogP contribution in [0, 0.1) is 23.5 Å². The highest BCUT2D eigenvalue weighted by Gasteiger charge is 2.28. The lowest BCUT2D eigenvalue weighted by Gasteiger charge is -2.33. The first-order valence-corrected chi connectivity index (χ1v) is 10.3. The topological polar surface area (TPSA) is 72.4 Å². The molecule has 1 aliphatic carbocycles. The molecule has 1 amide bonds. The molecule has 1 saturated carbocycles. The highest BCUT2D eigenvalue weighted by molar-refractivity contribution is 5.80. The van der Waals surface area contributed by atoms with Gasteiger partial charge in [-0.05, 0) is 76.6 Å². The monoisotopic (exact) mass is 391 g/mol. The van der Waals surface area contributed by atoms with E-state index in [1.54, 1.807) is 0 Å². The molecule has 0 spiro atoms. The summed E-state index contributed by atoms with van der Waals surface area (Å²) in [5.74, 6) is -0.944. The molecule has 2 fully saturated rings. The summed E-state index contributed by atoms with van der Waals surface area (Å²) in [6.07, 6.45) is 7.09. The van der Waals surface area contributed by atoms with Crippen LogP contribution in [0.2, 0.25) is 0 Å². The highest BCUT2D eigenvalue weighted by Crippen LogP contribution is 2.34. The van der Waals surface area contributed by atoms with Crippen LogP contribution in [0.15, 0.2) is 16.7 Å². The molecular formula is C21H27F2N3O2. The van der Waals surface area contributed by atoms with Gasteiger partial charge in [-0.3, -0.25) is 4.79 Å². The zero-order valence-electron chi connectivity index (χ0n) is 16.0. The molecule has 7 heteroatoms. The molecule has 1 aromatic heterocycles. The molecule has 152 valence electrons. The number of hydrogen-bond donors (Lipinski definition) is 1. The van der Waals surface area contributed by atoms with Crippen LogP contribution in [0.3, 0.4) is 0 Å². The van der Waals surface area contributed by atoms with Crippen molar-refractivity contribution in [1.82, 2.24) is 10.1 Å². The van der Waals surface area contributed by atoms with Gasteiger partial charge in [-0.25, -0.2) is 8.78 Å². The first-order chi connectivity index (χ1) is 13.5. The Labute approximate surface area is 163 Å². The Morgan fingerprint density at radius 2 is 1.79 bits per heavy atom. The summed E-state index contributed by atoms with van der Waals surface area (Å²) in [6.45, 7) is 3.01. The van der Waals surface area contributed by atoms with Gasteiger partial charge < -0.3 is 15.2 Å². The summed E-state index contributed by atoms with van der Waals surface area (Å²) in [7, 11) is 0. The maximum atomic E-state index is 13.6. The van der Waals surface area contributed by atoms with Crippen molar-refractivity contribution in [3.63, 3.8) is 0 Å². The molecule has 28 heavy (non-hydrogen) atoms. The van der Waals surface area contributed by atoms with Gasteiger partial charge in [0.2, 0.25) is 5.91 Å². The van der Waals surface area contributed by atoms with E-state index in [0.717, 1.165) is 76.3 Å². The van der Waals surface area contributed by atoms with Crippen molar-refractivity contribution in [3.8, 4) is 0 Å². The number of benzene rings is 1. The molecule has 2 N–H and O–H groups in total. The van der Waals surface area contributed by atoms with Gasteiger partial charge in [-0.15, -0.1) is 0 Å². The van der Waals surface area contributed by atoms with Gasteiger partial charge in [-0.1, -0.05) is 5.16 Å². The van der Waals surface area contributed by atoms with Gasteiger partial charge in [0.1, 0.15) is 0 Å². The number of amides is 1. The maximum Gasteiger partial charge on any atom is 0.220 e. The first-order valence-electron chi connectivity index (χ1n) is 10.3. The second kappa shape index (κ2) is 8.15. The minimum Gasteiger partial charge on any atom is -0.369 e. The van der Waals surface area contributed by atoms with Crippen LogP contribution in [0.1, 0.15) is 56.6 Å². The minimum absolute atomic E-state index is 0.0718. The summed E-state index contributed by atoms with van der Waals surface area (Å²) in [6, 6.07) is 2.27. The van der Waals surface area contributed by atoms with Gasteiger partial charge in [-0.2, -0.15) is 0 Å². The Bertz CT molecular complexity index is 838. The molecule has 0 bridgehead atoms. The minimum atomic E-state index is -0.908. The SMILES string of the molecule is NC(=O)[C@H]1CC[C@H](CCN2CCC(c3noc4cc(F)c(F)cc34)CC2)CC1. The van der Waals surface area contributed by atoms with Crippen LogP contribution >= 0.6 is 0 Å². The Kier molecular flexibility index (Phi) is 5.62. The highest BCUT2D eigenvalue weighted by atomic mass is 19.2. The number of aromatic nitrogens is 1. The summed E-state index contributed by atoms with van der Waals surface area (Å²) >= 11 is 0. The second-order valence-corrected chi connectivity index (χ2v) is 8.35. The molecule has 0 atom stereocenters. The van der Waals surface area contributed by atoms with E-state index in [1.165, 1.54) is 6.07 Å². The lowest BCUT2D eigenvalue weighted by Crippen LogP contribution is -2.35. The first kappa shape index (κ1) is 19.3. The number of hydrogen-bond acceptors (Lipinski definition) is 4.